The maximum Gasteiger partial charge on any atom is 0.258 e. The van der Waals surface area contributed by atoms with E-state index < -0.39 is 17.6 Å². The van der Waals surface area contributed by atoms with Crippen molar-refractivity contribution < 1.29 is 18.7 Å². The van der Waals surface area contributed by atoms with Crippen LogP contribution in [0, 0.1) is 11.8 Å². The Morgan fingerprint density at radius 3 is 2.69 bits per heavy atom. The molecule has 0 spiro atoms. The van der Waals surface area contributed by atoms with Gasteiger partial charge in [0.25, 0.3) is 11.8 Å². The highest BCUT2D eigenvalue weighted by Crippen LogP contribution is 2.41. The van der Waals surface area contributed by atoms with E-state index in [9.17, 15) is 14.0 Å². The maximum absolute atomic E-state index is 14.3. The summed E-state index contributed by atoms with van der Waals surface area (Å²) in [6.45, 7) is 3.21. The van der Waals surface area contributed by atoms with Crippen molar-refractivity contribution in [3.05, 3.63) is 41.6 Å². The van der Waals surface area contributed by atoms with Crippen molar-refractivity contribution in [3.8, 4) is 17.3 Å². The van der Waals surface area contributed by atoms with E-state index in [0.717, 1.165) is 66.7 Å². The van der Waals surface area contributed by atoms with Crippen LogP contribution in [0.25, 0.3) is 33.6 Å². The number of pyridine rings is 1. The summed E-state index contributed by atoms with van der Waals surface area (Å²) >= 11 is 0. The molecule has 236 valence electrons. The van der Waals surface area contributed by atoms with E-state index in [1.807, 2.05) is 47.7 Å². The smallest absolute Gasteiger partial charge is 0.258 e. The van der Waals surface area contributed by atoms with Crippen LogP contribution in [0.4, 0.5) is 4.39 Å². The van der Waals surface area contributed by atoms with Gasteiger partial charge in [0.2, 0.25) is 0 Å². The number of hydrogen-bond acceptors (Lipinski definition) is 6. The molecule has 2 amide bonds. The Balaban J connectivity index is 1.18. The average molecular weight is 614 g/mol. The minimum absolute atomic E-state index is 0.0140. The Morgan fingerprint density at radius 2 is 1.96 bits per heavy atom. The summed E-state index contributed by atoms with van der Waals surface area (Å²) in [6, 6.07) is 9.53. The van der Waals surface area contributed by atoms with Crippen molar-refractivity contribution in [2.75, 3.05) is 13.7 Å². The Morgan fingerprint density at radius 1 is 1.16 bits per heavy atom. The molecule has 4 aromatic rings. The first kappa shape index (κ1) is 28.5. The summed E-state index contributed by atoms with van der Waals surface area (Å²) in [5.41, 5.74) is 9.18. The number of piperidine rings is 1. The number of ether oxygens (including phenoxy) is 1. The van der Waals surface area contributed by atoms with Crippen molar-refractivity contribution in [2.24, 2.45) is 24.6 Å². The summed E-state index contributed by atoms with van der Waals surface area (Å²) in [6.07, 6.45) is 5.93. The first-order valence-corrected chi connectivity index (χ1v) is 16.2. The molecule has 2 bridgehead atoms. The Labute approximate surface area is 261 Å². The number of amides is 2. The SMILES string of the molecule is COc1cc(C(=O)N2C[C@H](N)[C@H]3CC[C@@H]2C3)cc2nc(-c3cc4ccc([C@@H](C)NC(=O)C5(F)CC5)nc4n3CC3CC3)n(C)c12. The number of methoxy groups -OCH3 is 1. The van der Waals surface area contributed by atoms with Crippen molar-refractivity contribution >= 4 is 33.9 Å². The summed E-state index contributed by atoms with van der Waals surface area (Å²) in [7, 11) is 3.59. The number of imidazole rings is 1. The highest BCUT2D eigenvalue weighted by Gasteiger charge is 2.51. The Hall–Kier alpha value is -3.99. The van der Waals surface area contributed by atoms with Crippen LogP contribution in [-0.2, 0) is 18.4 Å². The molecule has 1 aliphatic heterocycles. The van der Waals surface area contributed by atoms with Crippen molar-refractivity contribution in [2.45, 2.75) is 82.2 Å². The molecule has 3 N–H and O–H groups in total. The standard InChI is InChI=1S/C34H40FN7O3/c1-18(37-33(44)34(35)10-11-34)25-9-7-21-14-27(42(30(21)38-25)16-19-4-5-19)31-39-26-13-22(15-28(45-3)29(26)40(31)2)32(43)41-17-24(36)20-6-8-23(41)12-20/h7,9,13-15,18-20,23-24H,4-6,8,10-12,16-17,36H2,1-3H3,(H,37,44)/t18-,20+,23-,24+/m1/s1. The molecule has 4 heterocycles. The van der Waals surface area contributed by atoms with Gasteiger partial charge in [-0.2, -0.15) is 0 Å². The number of aryl methyl sites for hydroxylation is 1. The first-order valence-electron chi connectivity index (χ1n) is 16.2. The molecule has 10 nitrogen and oxygen atoms in total. The van der Waals surface area contributed by atoms with Gasteiger partial charge in [-0.15, -0.1) is 0 Å². The van der Waals surface area contributed by atoms with Crippen molar-refractivity contribution in [3.63, 3.8) is 0 Å². The van der Waals surface area contributed by atoms with E-state index in [4.69, 9.17) is 20.4 Å². The number of carbonyl (C=O) groups excluding carboxylic acids is 2. The lowest BCUT2D eigenvalue weighted by atomic mass is 9.94. The lowest BCUT2D eigenvalue weighted by Gasteiger charge is -2.37. The zero-order valence-corrected chi connectivity index (χ0v) is 26.1. The minimum atomic E-state index is -1.73. The Kier molecular flexibility index (Phi) is 6.50. The van der Waals surface area contributed by atoms with E-state index >= 15 is 0 Å². The highest BCUT2D eigenvalue weighted by atomic mass is 19.1. The van der Waals surface area contributed by atoms with Crippen LogP contribution in [0.5, 0.6) is 5.75 Å². The number of nitrogens with zero attached hydrogens (tertiary/aromatic N) is 5. The van der Waals surface area contributed by atoms with Gasteiger partial charge in [-0.05, 0) is 94.0 Å². The number of nitrogens with one attached hydrogen (secondary N) is 1. The number of halogens is 1. The lowest BCUT2D eigenvalue weighted by molar-refractivity contribution is -0.128. The van der Waals surface area contributed by atoms with E-state index in [0.29, 0.717) is 40.9 Å². The molecule has 4 atom stereocenters. The molecule has 11 heteroatoms. The highest BCUT2D eigenvalue weighted by molar-refractivity contribution is 6.00. The molecule has 0 unspecified atom stereocenters. The second-order valence-corrected chi connectivity index (χ2v) is 13.8. The number of rotatable bonds is 8. The molecular weight excluding hydrogens is 573 g/mol. The number of carbonyl (C=O) groups is 2. The predicted molar refractivity (Wildman–Crippen MR) is 168 cm³/mol. The number of benzene rings is 1. The third-order valence-corrected chi connectivity index (χ3v) is 10.6. The average Bonchev–Trinajstić information content (AvgIpc) is 3.89. The van der Waals surface area contributed by atoms with Gasteiger partial charge in [-0.3, -0.25) is 9.59 Å². The summed E-state index contributed by atoms with van der Waals surface area (Å²) < 4.78 is 24.4. The molecule has 3 aliphatic carbocycles. The number of alkyl halides is 1. The molecule has 45 heavy (non-hydrogen) atoms. The molecular formula is C34H40FN7O3. The first-order chi connectivity index (χ1) is 21.6. The quantitative estimate of drug-likeness (QED) is 0.299. The van der Waals surface area contributed by atoms with Gasteiger partial charge in [0.15, 0.2) is 11.5 Å². The zero-order valence-electron chi connectivity index (χ0n) is 26.1. The molecule has 1 saturated heterocycles. The predicted octanol–water partition coefficient (Wildman–Crippen LogP) is 4.64. The zero-order chi connectivity index (χ0) is 31.2. The van der Waals surface area contributed by atoms with Crippen LogP contribution in [0.15, 0.2) is 30.3 Å². The lowest BCUT2D eigenvalue weighted by Crippen LogP contribution is -2.51. The number of likely N-dealkylation sites (tertiary alicyclic amines) is 1. The van der Waals surface area contributed by atoms with Gasteiger partial charge in [0.1, 0.15) is 16.9 Å². The molecule has 3 aromatic heterocycles. The molecule has 0 radical (unpaired) electrons. The van der Waals surface area contributed by atoms with Gasteiger partial charge in [-0.25, -0.2) is 14.4 Å². The van der Waals surface area contributed by atoms with E-state index in [2.05, 4.69) is 16.0 Å². The van der Waals surface area contributed by atoms with Gasteiger partial charge < -0.3 is 29.8 Å². The fraction of sp³-hybridized carbons (Fsp3) is 0.529. The fourth-order valence-corrected chi connectivity index (χ4v) is 7.47. The van der Waals surface area contributed by atoms with Crippen molar-refractivity contribution in [1.82, 2.24) is 29.3 Å². The monoisotopic (exact) mass is 613 g/mol. The number of nitrogens with two attached hydrogens (primary N) is 1. The minimum Gasteiger partial charge on any atom is -0.494 e. The molecule has 8 rings (SSSR count). The molecule has 4 aliphatic rings. The summed E-state index contributed by atoms with van der Waals surface area (Å²) in [5, 5.41) is 3.77. The molecule has 1 aromatic carbocycles. The normalized spacial score (nSPS) is 24.3. The van der Waals surface area contributed by atoms with Crippen LogP contribution >= 0.6 is 0 Å². The van der Waals surface area contributed by atoms with Gasteiger partial charge in [0, 0.05) is 43.2 Å². The van der Waals surface area contributed by atoms with Crippen LogP contribution in [0.1, 0.15) is 74.0 Å². The van der Waals surface area contributed by atoms with Crippen LogP contribution in [0.2, 0.25) is 0 Å². The second-order valence-electron chi connectivity index (χ2n) is 13.8. The summed E-state index contributed by atoms with van der Waals surface area (Å²) in [4.78, 5) is 38.3. The van der Waals surface area contributed by atoms with Gasteiger partial charge in [-0.1, -0.05) is 0 Å². The van der Waals surface area contributed by atoms with E-state index in [1.54, 1.807) is 7.11 Å². The summed E-state index contributed by atoms with van der Waals surface area (Å²) in [5.74, 6) is 1.83. The van der Waals surface area contributed by atoms with Gasteiger partial charge >= 0.3 is 0 Å². The molecule has 4 fully saturated rings. The second kappa shape index (κ2) is 10.3. The van der Waals surface area contributed by atoms with Crippen LogP contribution in [-0.4, -0.2) is 67.2 Å². The van der Waals surface area contributed by atoms with Crippen LogP contribution in [0.3, 0.4) is 0 Å². The maximum atomic E-state index is 14.3. The molecule has 3 saturated carbocycles. The van der Waals surface area contributed by atoms with Crippen molar-refractivity contribution in [1.29, 1.82) is 0 Å². The van der Waals surface area contributed by atoms with Gasteiger partial charge in [0.05, 0.1) is 30.1 Å². The van der Waals surface area contributed by atoms with Crippen LogP contribution < -0.4 is 15.8 Å². The van der Waals surface area contributed by atoms with E-state index in [1.165, 1.54) is 0 Å². The van der Waals surface area contributed by atoms with E-state index in [-0.39, 0.29) is 30.8 Å². The third-order valence-electron chi connectivity index (χ3n) is 10.6. The topological polar surface area (TPSA) is 120 Å². The number of hydrogen-bond donors (Lipinski definition) is 2. The number of aromatic nitrogens is 4. The largest absolute Gasteiger partial charge is 0.494 e. The Bertz CT molecular complexity index is 1860. The fourth-order valence-electron chi connectivity index (χ4n) is 7.47. The third kappa shape index (κ3) is 4.78. The number of fused-ring (bicyclic) bond motifs is 4.